The van der Waals surface area contributed by atoms with Crippen LogP contribution in [0.4, 0.5) is 5.69 Å². The van der Waals surface area contributed by atoms with Gasteiger partial charge >= 0.3 is 0 Å². The second-order valence-corrected chi connectivity index (χ2v) is 5.48. The first kappa shape index (κ1) is 18.3. The van der Waals surface area contributed by atoms with Crippen LogP contribution in [0.1, 0.15) is 22.9 Å². The second kappa shape index (κ2) is 8.64. The Morgan fingerprint density at radius 3 is 2.43 bits per heavy atom. The number of thiophene rings is 1. The molecule has 0 fully saturated rings. The molecule has 7 nitrogen and oxygen atoms in total. The van der Waals surface area contributed by atoms with Gasteiger partial charge in [0.15, 0.2) is 0 Å². The smallest absolute Gasteiger partial charge is 0.300 e. The normalized spacial score (nSPS) is 10.6. The van der Waals surface area contributed by atoms with Crippen molar-refractivity contribution in [2.24, 2.45) is 5.16 Å². The van der Waals surface area contributed by atoms with Crippen molar-refractivity contribution in [3.8, 4) is 0 Å². The van der Waals surface area contributed by atoms with Crippen LogP contribution in [0.25, 0.3) is 0 Å². The van der Waals surface area contributed by atoms with Crippen molar-refractivity contribution in [3.63, 3.8) is 0 Å². The second-order valence-electron chi connectivity index (χ2n) is 4.56. The van der Waals surface area contributed by atoms with Crippen molar-refractivity contribution in [1.29, 1.82) is 0 Å². The van der Waals surface area contributed by atoms with E-state index in [0.29, 0.717) is 11.3 Å². The van der Waals surface area contributed by atoms with Crippen LogP contribution in [0.5, 0.6) is 0 Å². The molecule has 0 aliphatic carbocycles. The molecule has 2 aromatic rings. The zero-order valence-corrected chi connectivity index (χ0v) is 13.4. The molecule has 0 unspecified atom stereocenters. The van der Waals surface area contributed by atoms with Gasteiger partial charge in [0.05, 0.1) is 9.80 Å². The monoisotopic (exact) mass is 336 g/mol. The predicted octanol–water partition coefficient (Wildman–Crippen LogP) is 3.48. The van der Waals surface area contributed by atoms with Gasteiger partial charge in [-0.15, -0.1) is 11.3 Å². The van der Waals surface area contributed by atoms with Crippen LogP contribution in [0, 0.1) is 17.0 Å². The number of hydrogen-bond donors (Lipinski definition) is 2. The fourth-order valence-corrected chi connectivity index (χ4v) is 2.76. The lowest BCUT2D eigenvalue weighted by atomic mass is 10.0. The van der Waals surface area contributed by atoms with Gasteiger partial charge in [-0.2, -0.15) is 0 Å². The van der Waals surface area contributed by atoms with E-state index in [2.05, 4.69) is 5.16 Å². The number of rotatable bonds is 4. The van der Waals surface area contributed by atoms with Crippen LogP contribution in [0.15, 0.2) is 40.9 Å². The third-order valence-electron chi connectivity index (χ3n) is 2.79. The number of aryl methyl sites for hydroxylation is 1. The number of nitrogens with zero attached hydrogens (tertiary/aromatic N) is 2. The van der Waals surface area contributed by atoms with Crippen molar-refractivity contribution < 1.29 is 20.0 Å². The number of nitro benzene ring substituents is 1. The summed E-state index contributed by atoms with van der Waals surface area (Å²) < 4.78 is 0. The summed E-state index contributed by atoms with van der Waals surface area (Å²) in [5.41, 5.74) is 2.02. The Kier molecular flexibility index (Phi) is 6.88. The number of carboxylic acids is 1. The Morgan fingerprint density at radius 2 is 1.96 bits per heavy atom. The van der Waals surface area contributed by atoms with E-state index in [-0.39, 0.29) is 12.1 Å². The third kappa shape index (κ3) is 5.51. The molecule has 2 rings (SSSR count). The Labute approximate surface area is 136 Å². The van der Waals surface area contributed by atoms with E-state index in [1.807, 2.05) is 18.4 Å². The molecule has 0 saturated carbocycles. The average molecular weight is 336 g/mol. The van der Waals surface area contributed by atoms with Gasteiger partial charge < -0.3 is 10.3 Å². The van der Waals surface area contributed by atoms with Gasteiger partial charge in [0, 0.05) is 25.0 Å². The standard InChI is InChI=1S/C13H12N2O3S.C2H4O2/c1-9-6-7-19-13(9)11(14-16)8-10-4-2-3-5-12(10)15(17)18;1-2(3)4/h2-7,16H,8H2,1H3;1H3,(H,3,4). The van der Waals surface area contributed by atoms with Gasteiger partial charge in [-0.3, -0.25) is 14.9 Å². The predicted molar refractivity (Wildman–Crippen MR) is 87.5 cm³/mol. The summed E-state index contributed by atoms with van der Waals surface area (Å²) in [6.45, 7) is 3.00. The van der Waals surface area contributed by atoms with E-state index in [0.717, 1.165) is 17.4 Å². The molecule has 122 valence electrons. The maximum Gasteiger partial charge on any atom is 0.300 e. The fourth-order valence-electron chi connectivity index (χ4n) is 1.85. The van der Waals surface area contributed by atoms with Gasteiger partial charge in [-0.1, -0.05) is 23.4 Å². The molecule has 1 aromatic carbocycles. The van der Waals surface area contributed by atoms with Crippen molar-refractivity contribution in [2.45, 2.75) is 20.3 Å². The molecule has 2 N–H and O–H groups in total. The Balaban J connectivity index is 0.000000593. The van der Waals surface area contributed by atoms with Crippen molar-refractivity contribution in [3.05, 3.63) is 61.8 Å². The molecule has 8 heteroatoms. The van der Waals surface area contributed by atoms with Gasteiger partial charge in [0.1, 0.15) is 5.71 Å². The van der Waals surface area contributed by atoms with Gasteiger partial charge in [-0.05, 0) is 23.9 Å². The quantitative estimate of drug-likeness (QED) is 0.384. The zero-order valence-electron chi connectivity index (χ0n) is 12.6. The summed E-state index contributed by atoms with van der Waals surface area (Å²) in [5, 5.41) is 32.7. The fraction of sp³-hybridized carbons (Fsp3) is 0.200. The van der Waals surface area contributed by atoms with E-state index >= 15 is 0 Å². The van der Waals surface area contributed by atoms with E-state index in [4.69, 9.17) is 15.1 Å². The van der Waals surface area contributed by atoms with Crippen molar-refractivity contribution >= 4 is 28.7 Å². The molecule has 1 aromatic heterocycles. The number of nitro groups is 1. The first-order valence-electron chi connectivity index (χ1n) is 6.54. The summed E-state index contributed by atoms with van der Waals surface area (Å²) in [6, 6.07) is 8.40. The highest BCUT2D eigenvalue weighted by Gasteiger charge is 2.17. The van der Waals surface area contributed by atoms with E-state index in [9.17, 15) is 10.1 Å². The van der Waals surface area contributed by atoms with Crippen LogP contribution in [-0.4, -0.2) is 26.9 Å². The third-order valence-corrected chi connectivity index (χ3v) is 3.86. The Bertz CT molecular complexity index is 720. The topological polar surface area (TPSA) is 113 Å². The molecule has 0 bridgehead atoms. The maximum absolute atomic E-state index is 11.0. The van der Waals surface area contributed by atoms with Gasteiger partial charge in [-0.25, -0.2) is 0 Å². The average Bonchev–Trinajstić information content (AvgIpc) is 2.90. The van der Waals surface area contributed by atoms with Gasteiger partial charge in [0.2, 0.25) is 0 Å². The highest BCUT2D eigenvalue weighted by atomic mass is 32.1. The molecule has 0 amide bonds. The summed E-state index contributed by atoms with van der Waals surface area (Å²) in [5.74, 6) is -0.833. The molecule has 0 saturated heterocycles. The maximum atomic E-state index is 11.0. The lowest BCUT2D eigenvalue weighted by Crippen LogP contribution is -2.07. The summed E-state index contributed by atoms with van der Waals surface area (Å²) >= 11 is 1.46. The number of para-hydroxylation sites is 1. The number of carboxylic acid groups (broad SMARTS) is 1. The molecule has 0 radical (unpaired) electrons. The van der Waals surface area contributed by atoms with E-state index in [1.165, 1.54) is 17.4 Å². The molecule has 1 heterocycles. The lowest BCUT2D eigenvalue weighted by molar-refractivity contribution is -0.385. The van der Waals surface area contributed by atoms with Crippen LogP contribution < -0.4 is 0 Å². The molecule has 0 aliphatic rings. The first-order valence-corrected chi connectivity index (χ1v) is 7.42. The number of benzene rings is 1. The van der Waals surface area contributed by atoms with E-state index < -0.39 is 10.9 Å². The van der Waals surface area contributed by atoms with Crippen molar-refractivity contribution in [1.82, 2.24) is 0 Å². The van der Waals surface area contributed by atoms with Gasteiger partial charge in [0.25, 0.3) is 11.7 Å². The molecule has 23 heavy (non-hydrogen) atoms. The van der Waals surface area contributed by atoms with Crippen LogP contribution >= 0.6 is 11.3 Å². The number of oxime groups is 1. The minimum absolute atomic E-state index is 0.0397. The number of hydrogen-bond acceptors (Lipinski definition) is 6. The minimum atomic E-state index is -0.833. The Morgan fingerprint density at radius 1 is 1.35 bits per heavy atom. The highest BCUT2D eigenvalue weighted by Crippen LogP contribution is 2.23. The summed E-state index contributed by atoms with van der Waals surface area (Å²) in [4.78, 5) is 20.4. The summed E-state index contributed by atoms with van der Waals surface area (Å²) in [6.07, 6.45) is 0.231. The number of aliphatic carboxylic acids is 1. The van der Waals surface area contributed by atoms with Crippen molar-refractivity contribution in [2.75, 3.05) is 0 Å². The largest absolute Gasteiger partial charge is 0.481 e. The zero-order chi connectivity index (χ0) is 17.4. The number of carbonyl (C=O) groups is 1. The van der Waals surface area contributed by atoms with Crippen LogP contribution in [0.2, 0.25) is 0 Å². The molecule has 0 spiro atoms. The van der Waals surface area contributed by atoms with Crippen LogP contribution in [0.3, 0.4) is 0 Å². The van der Waals surface area contributed by atoms with Crippen LogP contribution in [-0.2, 0) is 11.2 Å². The summed E-state index contributed by atoms with van der Waals surface area (Å²) in [7, 11) is 0. The lowest BCUT2D eigenvalue weighted by Gasteiger charge is -2.05. The molecule has 0 aliphatic heterocycles. The first-order chi connectivity index (χ1) is 10.9. The highest BCUT2D eigenvalue weighted by molar-refractivity contribution is 7.12. The molecule has 0 atom stereocenters. The molecular formula is C15H16N2O5S. The Hall–Kier alpha value is -2.74. The van der Waals surface area contributed by atoms with E-state index in [1.54, 1.807) is 18.2 Å². The minimum Gasteiger partial charge on any atom is -0.481 e. The SMILES string of the molecule is CC(=O)O.Cc1ccsc1C(Cc1ccccc1[N+](=O)[O-])=NO. The molecular weight excluding hydrogens is 320 g/mol.